The molecule has 0 fully saturated rings. The minimum absolute atomic E-state index is 0.0206. The molecular formula is C17H23N5O3S. The number of aryl methyl sites for hydroxylation is 1. The van der Waals surface area contributed by atoms with Gasteiger partial charge in [-0.25, -0.2) is 14.7 Å². The molecule has 0 unspecified atom stereocenters. The van der Waals surface area contributed by atoms with Crippen molar-refractivity contribution in [1.29, 1.82) is 0 Å². The van der Waals surface area contributed by atoms with Gasteiger partial charge in [0.15, 0.2) is 5.16 Å². The van der Waals surface area contributed by atoms with Crippen LogP contribution in [0.15, 0.2) is 40.3 Å². The molecule has 2 rings (SSSR count). The lowest BCUT2D eigenvalue weighted by atomic mass is 10.1. The average molecular weight is 377 g/mol. The Bertz CT molecular complexity index is 808. The lowest BCUT2D eigenvalue weighted by Crippen LogP contribution is -2.48. The summed E-state index contributed by atoms with van der Waals surface area (Å²) in [5, 5.41) is 11.7. The summed E-state index contributed by atoms with van der Waals surface area (Å²) >= 11 is 1.10. The predicted octanol–water partition coefficient (Wildman–Crippen LogP) is 1.53. The molecule has 0 aliphatic rings. The van der Waals surface area contributed by atoms with Crippen molar-refractivity contribution in [3.05, 3.63) is 46.4 Å². The van der Waals surface area contributed by atoms with E-state index in [-0.39, 0.29) is 11.4 Å². The largest absolute Gasteiger partial charge is 0.343 e. The lowest BCUT2D eigenvalue weighted by Gasteiger charge is -2.20. The Labute approximate surface area is 155 Å². The highest BCUT2D eigenvalue weighted by molar-refractivity contribution is 7.99. The van der Waals surface area contributed by atoms with Gasteiger partial charge in [-0.1, -0.05) is 42.1 Å². The van der Waals surface area contributed by atoms with E-state index in [4.69, 9.17) is 0 Å². The highest BCUT2D eigenvalue weighted by Crippen LogP contribution is 2.13. The Kier molecular flexibility index (Phi) is 6.62. The van der Waals surface area contributed by atoms with Gasteiger partial charge in [0, 0.05) is 12.1 Å². The number of carbonyl (C=O) groups is 2. The third-order valence-electron chi connectivity index (χ3n) is 3.26. The van der Waals surface area contributed by atoms with E-state index in [9.17, 15) is 14.4 Å². The van der Waals surface area contributed by atoms with Crippen molar-refractivity contribution in [2.45, 2.75) is 44.4 Å². The quantitative estimate of drug-likeness (QED) is 0.662. The summed E-state index contributed by atoms with van der Waals surface area (Å²) in [6, 6.07) is 9.24. The summed E-state index contributed by atoms with van der Waals surface area (Å²) in [6.45, 7) is 5.91. The number of thioether (sulfide) groups is 1. The average Bonchev–Trinajstić information content (AvgIpc) is 2.90. The molecule has 3 N–H and O–H groups in total. The first-order chi connectivity index (χ1) is 12.2. The second kappa shape index (κ2) is 8.70. The Morgan fingerprint density at radius 2 is 1.92 bits per heavy atom. The second-order valence-electron chi connectivity index (χ2n) is 6.74. The van der Waals surface area contributed by atoms with E-state index < -0.39 is 17.5 Å². The van der Waals surface area contributed by atoms with Crippen LogP contribution in [0, 0.1) is 0 Å². The van der Waals surface area contributed by atoms with Crippen molar-refractivity contribution in [2.24, 2.45) is 0 Å². The van der Waals surface area contributed by atoms with Crippen LogP contribution in [0.2, 0.25) is 0 Å². The summed E-state index contributed by atoms with van der Waals surface area (Å²) in [6.07, 6.45) is 0.675. The molecule has 0 spiro atoms. The van der Waals surface area contributed by atoms with Crippen molar-refractivity contribution in [2.75, 3.05) is 5.75 Å². The number of aromatic amines is 1. The van der Waals surface area contributed by atoms with Crippen LogP contribution in [-0.4, -0.2) is 38.0 Å². The number of benzene rings is 1. The number of hydrogen-bond acceptors (Lipinski definition) is 5. The van der Waals surface area contributed by atoms with E-state index >= 15 is 0 Å². The van der Waals surface area contributed by atoms with E-state index in [0.29, 0.717) is 18.1 Å². The molecule has 0 atom stereocenters. The van der Waals surface area contributed by atoms with Crippen molar-refractivity contribution in [1.82, 2.24) is 25.4 Å². The first-order valence-corrected chi connectivity index (χ1v) is 9.17. The first-order valence-electron chi connectivity index (χ1n) is 8.18. The van der Waals surface area contributed by atoms with Crippen molar-refractivity contribution in [3.63, 3.8) is 0 Å². The minimum atomic E-state index is -0.549. The summed E-state index contributed by atoms with van der Waals surface area (Å²) in [7, 11) is 0. The number of urea groups is 1. The van der Waals surface area contributed by atoms with Gasteiger partial charge in [-0.05, 0) is 32.8 Å². The molecule has 26 heavy (non-hydrogen) atoms. The number of hydrogen-bond donors (Lipinski definition) is 3. The van der Waals surface area contributed by atoms with Gasteiger partial charge in [-0.15, -0.1) is 5.10 Å². The normalized spacial score (nSPS) is 11.2. The summed E-state index contributed by atoms with van der Waals surface area (Å²) in [5.41, 5.74) is 0.347. The smallest absolute Gasteiger partial charge is 0.333 e. The number of aromatic nitrogens is 3. The lowest BCUT2D eigenvalue weighted by molar-refractivity contribution is -0.117. The van der Waals surface area contributed by atoms with Crippen molar-refractivity contribution >= 4 is 23.7 Å². The molecule has 0 aliphatic heterocycles. The molecule has 0 bridgehead atoms. The van der Waals surface area contributed by atoms with Crippen LogP contribution in [0.3, 0.4) is 0 Å². The SMILES string of the molecule is CC(C)(C)NC(=O)NC(=O)CSc1n[nH]c(=O)n1CCc1ccccc1. The molecule has 1 aromatic heterocycles. The Balaban J connectivity index is 1.89. The summed E-state index contributed by atoms with van der Waals surface area (Å²) in [4.78, 5) is 35.5. The molecular weight excluding hydrogens is 354 g/mol. The molecule has 0 radical (unpaired) electrons. The molecule has 3 amide bonds. The van der Waals surface area contributed by atoms with Gasteiger partial charge in [0.05, 0.1) is 5.75 Å². The van der Waals surface area contributed by atoms with Crippen molar-refractivity contribution in [3.8, 4) is 0 Å². The first kappa shape index (κ1) is 19.8. The fourth-order valence-electron chi connectivity index (χ4n) is 2.16. The van der Waals surface area contributed by atoms with Gasteiger partial charge >= 0.3 is 11.7 Å². The topological polar surface area (TPSA) is 109 Å². The maximum Gasteiger partial charge on any atom is 0.343 e. The number of carbonyl (C=O) groups excluding carboxylic acids is 2. The van der Waals surface area contributed by atoms with E-state index in [1.54, 1.807) is 0 Å². The van der Waals surface area contributed by atoms with Crippen LogP contribution in [0.4, 0.5) is 4.79 Å². The maximum absolute atomic E-state index is 11.9. The van der Waals surface area contributed by atoms with Gasteiger partial charge in [0.2, 0.25) is 5.91 Å². The Morgan fingerprint density at radius 1 is 1.23 bits per heavy atom. The number of rotatable bonds is 6. The highest BCUT2D eigenvalue weighted by Gasteiger charge is 2.17. The third-order valence-corrected chi connectivity index (χ3v) is 4.24. The van der Waals surface area contributed by atoms with Crippen LogP contribution in [-0.2, 0) is 17.8 Å². The number of amides is 3. The van der Waals surface area contributed by atoms with Crippen LogP contribution < -0.4 is 16.3 Å². The molecule has 0 saturated heterocycles. The summed E-state index contributed by atoms with van der Waals surface area (Å²) in [5.74, 6) is -0.477. The number of imide groups is 1. The van der Waals surface area contributed by atoms with Gasteiger partial charge in [-0.2, -0.15) is 0 Å². The van der Waals surface area contributed by atoms with Crippen LogP contribution in [0.5, 0.6) is 0 Å². The van der Waals surface area contributed by atoms with E-state index in [0.717, 1.165) is 17.3 Å². The zero-order valence-electron chi connectivity index (χ0n) is 15.0. The molecule has 1 aromatic carbocycles. The van der Waals surface area contributed by atoms with Gasteiger partial charge in [-0.3, -0.25) is 14.7 Å². The molecule has 2 aromatic rings. The minimum Gasteiger partial charge on any atom is -0.333 e. The Hall–Kier alpha value is -2.55. The van der Waals surface area contributed by atoms with Crippen molar-refractivity contribution < 1.29 is 9.59 Å². The standard InChI is InChI=1S/C17H23N5O3S/c1-17(2,3)19-14(24)18-13(23)11-26-16-21-20-15(25)22(16)10-9-12-7-5-4-6-8-12/h4-8H,9-11H2,1-3H3,(H,20,25)(H2,18,19,23,24). The molecule has 0 saturated carbocycles. The zero-order valence-corrected chi connectivity index (χ0v) is 15.9. The predicted molar refractivity (Wildman–Crippen MR) is 100 cm³/mol. The number of H-pyrrole nitrogens is 1. The van der Waals surface area contributed by atoms with Gasteiger partial charge < -0.3 is 5.32 Å². The molecule has 140 valence electrons. The maximum atomic E-state index is 11.9. The highest BCUT2D eigenvalue weighted by atomic mass is 32.2. The molecule has 1 heterocycles. The zero-order chi connectivity index (χ0) is 19.2. The van der Waals surface area contributed by atoms with E-state index in [1.165, 1.54) is 4.57 Å². The molecule has 8 nitrogen and oxygen atoms in total. The second-order valence-corrected chi connectivity index (χ2v) is 7.68. The summed E-state index contributed by atoms with van der Waals surface area (Å²) < 4.78 is 1.49. The monoisotopic (exact) mass is 377 g/mol. The van der Waals surface area contributed by atoms with Crippen LogP contribution >= 0.6 is 11.8 Å². The van der Waals surface area contributed by atoms with Crippen LogP contribution in [0.25, 0.3) is 0 Å². The van der Waals surface area contributed by atoms with Gasteiger partial charge in [0.1, 0.15) is 0 Å². The third kappa shape index (κ3) is 6.40. The van der Waals surface area contributed by atoms with E-state index in [1.807, 2.05) is 51.1 Å². The molecule has 9 heteroatoms. The number of nitrogens with zero attached hydrogens (tertiary/aromatic N) is 2. The fourth-order valence-corrected chi connectivity index (χ4v) is 2.93. The van der Waals surface area contributed by atoms with Crippen LogP contribution in [0.1, 0.15) is 26.3 Å². The fraction of sp³-hybridized carbons (Fsp3) is 0.412. The van der Waals surface area contributed by atoms with Gasteiger partial charge in [0.25, 0.3) is 0 Å². The van der Waals surface area contributed by atoms with E-state index in [2.05, 4.69) is 20.8 Å². The molecule has 0 aliphatic carbocycles. The number of nitrogens with one attached hydrogen (secondary N) is 3. The Morgan fingerprint density at radius 3 is 2.58 bits per heavy atom.